The number of aromatic amines is 1. The number of hydrogen-bond acceptors (Lipinski definition) is 4. The molecule has 2 aliphatic heterocycles. The fourth-order valence-corrected chi connectivity index (χ4v) is 4.57. The molecule has 2 fully saturated rings. The highest BCUT2D eigenvalue weighted by Crippen LogP contribution is 2.36. The summed E-state index contributed by atoms with van der Waals surface area (Å²) in [5, 5.41) is 7.37. The minimum Gasteiger partial charge on any atom is -0.377 e. The van der Waals surface area contributed by atoms with Crippen molar-refractivity contribution in [2.24, 2.45) is 11.8 Å². The van der Waals surface area contributed by atoms with Crippen molar-refractivity contribution < 1.29 is 9.53 Å². The summed E-state index contributed by atoms with van der Waals surface area (Å²) in [5.41, 5.74) is 3.36. The van der Waals surface area contributed by atoms with Gasteiger partial charge in [0.25, 0.3) is 0 Å². The van der Waals surface area contributed by atoms with Gasteiger partial charge in [0.2, 0.25) is 5.91 Å². The molecule has 0 aliphatic carbocycles. The van der Waals surface area contributed by atoms with Crippen LogP contribution in [-0.4, -0.2) is 58.8 Å². The van der Waals surface area contributed by atoms with E-state index in [-0.39, 0.29) is 12.0 Å². The molecule has 3 atom stereocenters. The minimum absolute atomic E-state index is 0.0606. The first-order chi connectivity index (χ1) is 13.6. The van der Waals surface area contributed by atoms with Gasteiger partial charge in [-0.05, 0) is 37.4 Å². The zero-order valence-corrected chi connectivity index (χ0v) is 16.8. The second kappa shape index (κ2) is 8.45. The van der Waals surface area contributed by atoms with Crippen molar-refractivity contribution in [3.05, 3.63) is 53.3 Å². The summed E-state index contributed by atoms with van der Waals surface area (Å²) in [6, 6.07) is 12.2. The molecule has 2 saturated heterocycles. The molecule has 2 aromatic rings. The molecule has 1 aromatic carbocycles. The zero-order valence-electron chi connectivity index (χ0n) is 16.8. The van der Waals surface area contributed by atoms with E-state index in [1.807, 2.05) is 37.1 Å². The van der Waals surface area contributed by atoms with Crippen molar-refractivity contribution in [3.8, 4) is 0 Å². The highest BCUT2D eigenvalue weighted by atomic mass is 16.5. The van der Waals surface area contributed by atoms with Crippen molar-refractivity contribution in [3.63, 3.8) is 0 Å². The fraction of sp³-hybridized carbons (Fsp3) is 0.545. The standard InChI is InChI=1S/C22H30N4O2/c1-16-10-19(24-23-16)14-26-9-8-20-18(13-26)15-28-21(20)11-22(27)25(2)12-17-6-4-3-5-7-17/h3-7,10,18,20-21H,8-9,11-15H2,1-2H3,(H,23,24)/t18-,20-,21+/m1/s1. The van der Waals surface area contributed by atoms with Crippen LogP contribution in [-0.2, 0) is 22.6 Å². The summed E-state index contributed by atoms with van der Waals surface area (Å²) in [7, 11) is 1.89. The molecule has 0 bridgehead atoms. The Kier molecular flexibility index (Phi) is 5.78. The van der Waals surface area contributed by atoms with Crippen molar-refractivity contribution >= 4 is 5.91 Å². The molecule has 1 aromatic heterocycles. The van der Waals surface area contributed by atoms with Crippen molar-refractivity contribution in [2.45, 2.75) is 39.0 Å². The highest BCUT2D eigenvalue weighted by Gasteiger charge is 2.41. The van der Waals surface area contributed by atoms with Gasteiger partial charge in [-0.2, -0.15) is 5.10 Å². The molecule has 0 spiro atoms. The van der Waals surface area contributed by atoms with Crippen LogP contribution in [0.1, 0.15) is 29.8 Å². The van der Waals surface area contributed by atoms with Gasteiger partial charge in [-0.3, -0.25) is 14.8 Å². The number of nitrogens with one attached hydrogen (secondary N) is 1. The number of amides is 1. The fourth-order valence-electron chi connectivity index (χ4n) is 4.57. The van der Waals surface area contributed by atoms with Crippen molar-refractivity contribution in [1.82, 2.24) is 20.0 Å². The van der Waals surface area contributed by atoms with E-state index in [2.05, 4.69) is 33.3 Å². The lowest BCUT2D eigenvalue weighted by Gasteiger charge is -2.35. The Bertz CT molecular complexity index is 791. The summed E-state index contributed by atoms with van der Waals surface area (Å²) in [4.78, 5) is 17.0. The van der Waals surface area contributed by atoms with Crippen LogP contribution in [0.5, 0.6) is 0 Å². The number of nitrogens with zero attached hydrogens (tertiary/aromatic N) is 3. The third-order valence-corrected chi connectivity index (χ3v) is 6.09. The number of ether oxygens (including phenoxy) is 1. The maximum absolute atomic E-state index is 12.7. The van der Waals surface area contributed by atoms with Gasteiger partial charge in [0, 0.05) is 38.3 Å². The van der Waals surface area contributed by atoms with Gasteiger partial charge in [0.05, 0.1) is 24.8 Å². The Morgan fingerprint density at radius 3 is 2.93 bits per heavy atom. The monoisotopic (exact) mass is 382 g/mol. The first-order valence-electron chi connectivity index (χ1n) is 10.2. The number of piperidine rings is 1. The van der Waals surface area contributed by atoms with Crippen LogP contribution in [0.25, 0.3) is 0 Å². The number of hydrogen-bond donors (Lipinski definition) is 1. The Balaban J connectivity index is 1.28. The van der Waals surface area contributed by atoms with Crippen LogP contribution in [0.2, 0.25) is 0 Å². The first-order valence-corrected chi connectivity index (χ1v) is 10.2. The molecule has 6 nitrogen and oxygen atoms in total. The SMILES string of the molecule is Cc1cc(CN2CC[C@@H]3[C@@H](CO[C@H]3CC(=O)N(C)Cc3ccccc3)C2)n[nH]1. The van der Waals surface area contributed by atoms with E-state index in [9.17, 15) is 4.79 Å². The van der Waals surface area contributed by atoms with E-state index in [1.165, 1.54) is 0 Å². The minimum atomic E-state index is 0.0606. The Morgan fingerprint density at radius 2 is 2.18 bits per heavy atom. The molecule has 0 saturated carbocycles. The summed E-state index contributed by atoms with van der Waals surface area (Å²) in [5.74, 6) is 1.18. The summed E-state index contributed by atoms with van der Waals surface area (Å²) in [6.07, 6.45) is 1.64. The van der Waals surface area contributed by atoms with Gasteiger partial charge >= 0.3 is 0 Å². The van der Waals surface area contributed by atoms with Crippen LogP contribution in [0.15, 0.2) is 36.4 Å². The van der Waals surface area contributed by atoms with Crippen LogP contribution in [0.3, 0.4) is 0 Å². The topological polar surface area (TPSA) is 61.5 Å². The predicted molar refractivity (Wildman–Crippen MR) is 107 cm³/mol. The molecule has 6 heteroatoms. The molecule has 1 N–H and O–H groups in total. The molecule has 0 radical (unpaired) electrons. The van der Waals surface area contributed by atoms with Crippen LogP contribution < -0.4 is 0 Å². The number of rotatable bonds is 6. The first kappa shape index (κ1) is 19.2. The molecule has 0 unspecified atom stereocenters. The van der Waals surface area contributed by atoms with Crippen LogP contribution in [0, 0.1) is 18.8 Å². The van der Waals surface area contributed by atoms with Gasteiger partial charge in [-0.1, -0.05) is 30.3 Å². The van der Waals surface area contributed by atoms with E-state index < -0.39 is 0 Å². The summed E-state index contributed by atoms with van der Waals surface area (Å²) in [6.45, 7) is 6.40. The third-order valence-electron chi connectivity index (χ3n) is 6.09. The lowest BCUT2D eigenvalue weighted by Crippen LogP contribution is -2.42. The van der Waals surface area contributed by atoms with E-state index in [1.54, 1.807) is 0 Å². The third kappa shape index (κ3) is 4.45. The van der Waals surface area contributed by atoms with E-state index in [4.69, 9.17) is 4.74 Å². The Hall–Kier alpha value is -2.18. The van der Waals surface area contributed by atoms with Crippen LogP contribution >= 0.6 is 0 Å². The van der Waals surface area contributed by atoms with Gasteiger partial charge in [0.15, 0.2) is 0 Å². The predicted octanol–water partition coefficient (Wildman–Crippen LogP) is 2.60. The normalized spacial score (nSPS) is 24.9. The quantitative estimate of drug-likeness (QED) is 0.834. The number of carbonyl (C=O) groups excluding carboxylic acids is 1. The van der Waals surface area contributed by atoms with E-state index in [0.29, 0.717) is 24.8 Å². The second-order valence-electron chi connectivity index (χ2n) is 8.30. The van der Waals surface area contributed by atoms with Crippen LogP contribution in [0.4, 0.5) is 0 Å². The molecule has 28 heavy (non-hydrogen) atoms. The van der Waals surface area contributed by atoms with Gasteiger partial charge in [0.1, 0.15) is 0 Å². The summed E-state index contributed by atoms with van der Waals surface area (Å²) >= 11 is 0. The molecule has 3 heterocycles. The Morgan fingerprint density at radius 1 is 1.36 bits per heavy atom. The number of H-pyrrole nitrogens is 1. The highest BCUT2D eigenvalue weighted by molar-refractivity contribution is 5.76. The lowest BCUT2D eigenvalue weighted by molar-refractivity contribution is -0.133. The average molecular weight is 383 g/mol. The Labute approximate surface area is 166 Å². The lowest BCUT2D eigenvalue weighted by atomic mass is 9.83. The molecule has 1 amide bonds. The molecule has 2 aliphatic rings. The molecule has 150 valence electrons. The number of carbonyl (C=O) groups is 1. The zero-order chi connectivity index (χ0) is 19.5. The average Bonchev–Trinajstić information content (AvgIpc) is 3.28. The smallest absolute Gasteiger partial charge is 0.225 e. The molecular weight excluding hydrogens is 352 g/mol. The summed E-state index contributed by atoms with van der Waals surface area (Å²) < 4.78 is 6.08. The second-order valence-corrected chi connectivity index (χ2v) is 8.30. The number of aryl methyl sites for hydroxylation is 1. The number of benzene rings is 1. The molecular formula is C22H30N4O2. The molecule has 4 rings (SSSR count). The van der Waals surface area contributed by atoms with Gasteiger partial charge in [-0.15, -0.1) is 0 Å². The number of aromatic nitrogens is 2. The van der Waals surface area contributed by atoms with Gasteiger partial charge < -0.3 is 9.64 Å². The van der Waals surface area contributed by atoms with E-state index in [0.717, 1.165) is 49.6 Å². The maximum atomic E-state index is 12.7. The van der Waals surface area contributed by atoms with Crippen molar-refractivity contribution in [2.75, 3.05) is 26.7 Å². The van der Waals surface area contributed by atoms with E-state index >= 15 is 0 Å². The van der Waals surface area contributed by atoms with Gasteiger partial charge in [-0.25, -0.2) is 0 Å². The number of likely N-dealkylation sites (tertiary alicyclic amines) is 1. The van der Waals surface area contributed by atoms with Crippen molar-refractivity contribution in [1.29, 1.82) is 0 Å². The maximum Gasteiger partial charge on any atom is 0.225 e. The number of fused-ring (bicyclic) bond motifs is 1. The largest absolute Gasteiger partial charge is 0.377 e.